The van der Waals surface area contributed by atoms with Crippen LogP contribution in [0.2, 0.25) is 18.1 Å². The minimum Gasteiger partial charge on any atom is -0.479 e. The maximum Gasteiger partial charge on any atom is 0.408 e. The zero-order valence-electron chi connectivity index (χ0n) is 21.7. The minimum absolute atomic E-state index is 0.0908. The van der Waals surface area contributed by atoms with Gasteiger partial charge in [-0.3, -0.25) is 9.59 Å². The monoisotopic (exact) mass is 500 g/mol. The van der Waals surface area contributed by atoms with E-state index in [4.69, 9.17) is 13.9 Å². The van der Waals surface area contributed by atoms with Crippen LogP contribution >= 0.6 is 0 Å². The van der Waals surface area contributed by atoms with E-state index in [9.17, 15) is 24.3 Å². The van der Waals surface area contributed by atoms with Gasteiger partial charge in [0.15, 0.2) is 14.4 Å². The molecule has 0 aromatic heterocycles. The number of carbonyl (C=O) groups excluding carboxylic acids is 3. The molecule has 3 N–H and O–H groups in total. The third-order valence-corrected chi connectivity index (χ3v) is 11.7. The fourth-order valence-corrected chi connectivity index (χ4v) is 5.68. The Morgan fingerprint density at radius 3 is 2.18 bits per heavy atom. The van der Waals surface area contributed by atoms with Crippen LogP contribution in [0, 0.1) is 17.8 Å². The second-order valence-corrected chi connectivity index (χ2v) is 16.5. The summed E-state index contributed by atoms with van der Waals surface area (Å²) in [7, 11) is -1.14. The van der Waals surface area contributed by atoms with E-state index < -0.39 is 61.3 Å². The Bertz CT molecular complexity index is 832. The van der Waals surface area contributed by atoms with Crippen LogP contribution in [-0.2, 0) is 28.3 Å². The third kappa shape index (κ3) is 5.91. The normalized spacial score (nSPS) is 27.3. The largest absolute Gasteiger partial charge is 0.479 e. The van der Waals surface area contributed by atoms with Crippen LogP contribution in [0.3, 0.4) is 0 Å². The van der Waals surface area contributed by atoms with Crippen molar-refractivity contribution in [1.29, 1.82) is 0 Å². The molecule has 2 saturated carbocycles. The number of carboxylic acids is 1. The smallest absolute Gasteiger partial charge is 0.408 e. The molecule has 0 spiro atoms. The Labute approximate surface area is 202 Å². The molecule has 5 atom stereocenters. The topological polar surface area (TPSA) is 140 Å². The average molecular weight is 501 g/mol. The molecule has 0 unspecified atom stereocenters. The average Bonchev–Trinajstić information content (AvgIpc) is 3.29. The summed E-state index contributed by atoms with van der Waals surface area (Å²) in [6.45, 7) is 14.7. The Hall–Kier alpha value is -2.14. The van der Waals surface area contributed by atoms with E-state index in [0.29, 0.717) is 12.8 Å². The number of hydrogen-bond donors (Lipinski definition) is 3. The lowest BCUT2D eigenvalue weighted by Gasteiger charge is -2.38. The zero-order valence-corrected chi connectivity index (χ0v) is 22.7. The van der Waals surface area contributed by atoms with Crippen molar-refractivity contribution >= 4 is 32.3 Å². The van der Waals surface area contributed by atoms with E-state index in [2.05, 4.69) is 10.6 Å². The molecular formula is C23H40N2O8Si. The standard InChI is InChI=1S/C23H40N2O8Si/c1-21(2,3)32-20(30)25-23(11-10-13-15(16(13)23)18(28)31-7)19(29)24-12-14(17(26)27)33-34(8,9)22(4,5)6/h13-16H,10-12H2,1-9H3,(H,24,29)(H,25,30)(H,26,27)/t13-,14+,15-,16-,23-/m0/s1. The molecule has 34 heavy (non-hydrogen) atoms. The number of aliphatic carboxylic acids is 1. The fraction of sp³-hybridized carbons (Fsp3) is 0.826. The molecule has 2 rings (SSSR count). The van der Waals surface area contributed by atoms with Crippen molar-refractivity contribution in [3.63, 3.8) is 0 Å². The molecule has 2 fully saturated rings. The summed E-state index contributed by atoms with van der Waals surface area (Å²) in [6, 6.07) is 0. The van der Waals surface area contributed by atoms with Gasteiger partial charge in [0.25, 0.3) is 0 Å². The van der Waals surface area contributed by atoms with Crippen LogP contribution in [-0.4, -0.2) is 68.3 Å². The van der Waals surface area contributed by atoms with Crippen LogP contribution in [0.4, 0.5) is 4.79 Å². The van der Waals surface area contributed by atoms with Crippen molar-refractivity contribution in [3.8, 4) is 0 Å². The van der Waals surface area contributed by atoms with Crippen molar-refractivity contribution in [1.82, 2.24) is 10.6 Å². The summed E-state index contributed by atoms with van der Waals surface area (Å²) in [5.74, 6) is -3.20. The van der Waals surface area contributed by atoms with Crippen LogP contribution in [0.1, 0.15) is 54.4 Å². The van der Waals surface area contributed by atoms with Gasteiger partial charge in [-0.1, -0.05) is 20.8 Å². The highest BCUT2D eigenvalue weighted by Gasteiger charge is 2.72. The van der Waals surface area contributed by atoms with Crippen LogP contribution in [0.15, 0.2) is 0 Å². The molecule has 0 aromatic carbocycles. The molecule has 0 bridgehead atoms. The molecule has 0 saturated heterocycles. The van der Waals surface area contributed by atoms with Crippen LogP contribution < -0.4 is 10.6 Å². The third-order valence-electron chi connectivity index (χ3n) is 7.18. The van der Waals surface area contributed by atoms with Crippen LogP contribution in [0.25, 0.3) is 0 Å². The van der Waals surface area contributed by atoms with Gasteiger partial charge in [-0.25, -0.2) is 9.59 Å². The molecule has 11 heteroatoms. The van der Waals surface area contributed by atoms with Gasteiger partial charge in [0.05, 0.1) is 19.6 Å². The van der Waals surface area contributed by atoms with Crippen molar-refractivity contribution in [3.05, 3.63) is 0 Å². The van der Waals surface area contributed by atoms with Gasteiger partial charge in [0.1, 0.15) is 11.1 Å². The predicted octanol–water partition coefficient (Wildman–Crippen LogP) is 2.67. The van der Waals surface area contributed by atoms with E-state index in [1.165, 1.54) is 7.11 Å². The highest BCUT2D eigenvalue weighted by molar-refractivity contribution is 6.74. The SMILES string of the molecule is COC(=O)[C@H]1[C@@H]2CC[C@@](NC(=O)OC(C)(C)C)(C(=O)NC[C@@H](O[Si](C)(C)C(C)(C)C)C(=O)O)[C@@H]21. The zero-order chi connectivity index (χ0) is 26.3. The number of carbonyl (C=O) groups is 4. The van der Waals surface area contributed by atoms with E-state index in [-0.39, 0.29) is 17.5 Å². The van der Waals surface area contributed by atoms with Gasteiger partial charge in [-0.2, -0.15) is 0 Å². The number of amides is 2. The molecule has 0 aliphatic heterocycles. The van der Waals surface area contributed by atoms with Gasteiger partial charge in [-0.15, -0.1) is 0 Å². The highest BCUT2D eigenvalue weighted by Crippen LogP contribution is 2.62. The quantitative estimate of drug-likeness (QED) is 0.341. The van der Waals surface area contributed by atoms with Crippen molar-refractivity contribution in [2.45, 2.75) is 89.8 Å². The Kier molecular flexibility index (Phi) is 7.84. The lowest BCUT2D eigenvalue weighted by Crippen LogP contribution is -2.62. The van der Waals surface area contributed by atoms with Gasteiger partial charge in [-0.05, 0) is 57.7 Å². The number of methoxy groups -OCH3 is 1. The highest BCUT2D eigenvalue weighted by atomic mass is 28.4. The number of hydrogen-bond acceptors (Lipinski definition) is 7. The van der Waals surface area contributed by atoms with Crippen molar-refractivity contribution in [2.24, 2.45) is 17.8 Å². The van der Waals surface area contributed by atoms with E-state index >= 15 is 0 Å². The molecule has 0 heterocycles. The lowest BCUT2D eigenvalue weighted by molar-refractivity contribution is -0.145. The number of nitrogens with one attached hydrogen (secondary N) is 2. The molecule has 2 amide bonds. The van der Waals surface area contributed by atoms with E-state index in [0.717, 1.165) is 0 Å². The molecule has 0 aromatic rings. The number of rotatable bonds is 8. The number of alkyl carbamates (subject to hydrolysis) is 1. The Morgan fingerprint density at radius 1 is 1.12 bits per heavy atom. The van der Waals surface area contributed by atoms with Gasteiger partial charge in [0, 0.05) is 5.92 Å². The molecule has 2 aliphatic carbocycles. The number of fused-ring (bicyclic) bond motifs is 1. The molecule has 10 nitrogen and oxygen atoms in total. The first-order chi connectivity index (χ1) is 15.4. The number of esters is 1. The Balaban J connectivity index is 2.23. The summed E-state index contributed by atoms with van der Waals surface area (Å²) in [5, 5.41) is 14.9. The van der Waals surface area contributed by atoms with Gasteiger partial charge >= 0.3 is 18.0 Å². The minimum atomic E-state index is -2.43. The second kappa shape index (κ2) is 9.48. The summed E-state index contributed by atoms with van der Waals surface area (Å²) in [5.41, 5.74) is -2.18. The van der Waals surface area contributed by atoms with Crippen molar-refractivity contribution < 1.29 is 38.2 Å². The maximum atomic E-state index is 13.5. The predicted molar refractivity (Wildman–Crippen MR) is 127 cm³/mol. The summed E-state index contributed by atoms with van der Waals surface area (Å²) < 4.78 is 16.3. The molecule has 2 aliphatic rings. The number of carboxylic acid groups (broad SMARTS) is 1. The van der Waals surface area contributed by atoms with E-state index in [1.807, 2.05) is 33.9 Å². The van der Waals surface area contributed by atoms with Crippen LogP contribution in [0.5, 0.6) is 0 Å². The second-order valence-electron chi connectivity index (χ2n) is 11.8. The number of ether oxygens (including phenoxy) is 2. The maximum absolute atomic E-state index is 13.5. The van der Waals surface area contributed by atoms with Crippen molar-refractivity contribution in [2.75, 3.05) is 13.7 Å². The molecular weight excluding hydrogens is 460 g/mol. The van der Waals surface area contributed by atoms with Gasteiger partial charge in [0.2, 0.25) is 5.91 Å². The van der Waals surface area contributed by atoms with Gasteiger partial charge < -0.3 is 29.6 Å². The lowest BCUT2D eigenvalue weighted by atomic mass is 9.89. The summed E-state index contributed by atoms with van der Waals surface area (Å²) in [4.78, 5) is 50.2. The molecule has 0 radical (unpaired) electrons. The summed E-state index contributed by atoms with van der Waals surface area (Å²) >= 11 is 0. The Morgan fingerprint density at radius 2 is 1.71 bits per heavy atom. The van der Waals surface area contributed by atoms with E-state index in [1.54, 1.807) is 20.8 Å². The first-order valence-electron chi connectivity index (χ1n) is 11.6. The molecule has 194 valence electrons. The fourth-order valence-electron chi connectivity index (χ4n) is 4.43. The first kappa shape index (κ1) is 28.1. The summed E-state index contributed by atoms with van der Waals surface area (Å²) in [6.07, 6.45) is -1.15. The first-order valence-corrected chi connectivity index (χ1v) is 14.5.